The smallest absolute Gasteiger partial charge is 0.340 e. The number of amides is 1. The summed E-state index contributed by atoms with van der Waals surface area (Å²) in [7, 11) is -1.23. The molecule has 1 amide bonds. The Labute approximate surface area is 193 Å². The second-order valence-corrected chi connectivity index (χ2v) is 9.77. The van der Waals surface area contributed by atoms with Gasteiger partial charge in [0.25, 0.3) is 15.9 Å². The summed E-state index contributed by atoms with van der Waals surface area (Å²) in [5, 5.41) is 2.66. The minimum absolute atomic E-state index is 0.00844. The zero-order chi connectivity index (χ0) is 23.9. The Hall–Kier alpha value is -2.78. The van der Waals surface area contributed by atoms with Crippen molar-refractivity contribution in [1.82, 2.24) is 5.32 Å². The standard InChI is InChI=1S/C22H27ClN2O6S/c1-15(2)11-12-24-21(26)14-31-22(27)17-13-16(9-10-18(17)23)32(28,29)25(3)19-7-5-6-8-20(19)30-4/h5-10,13,15H,11-12,14H2,1-4H3,(H,24,26). The van der Waals surface area contributed by atoms with E-state index in [1.807, 2.05) is 13.8 Å². The predicted molar refractivity (Wildman–Crippen MR) is 123 cm³/mol. The molecular formula is C22H27ClN2O6S. The SMILES string of the molecule is COc1ccccc1N(C)S(=O)(=O)c1ccc(Cl)c(C(=O)OCC(=O)NCCC(C)C)c1. The van der Waals surface area contributed by atoms with Gasteiger partial charge in [-0.05, 0) is 42.7 Å². The van der Waals surface area contributed by atoms with Gasteiger partial charge in [-0.15, -0.1) is 0 Å². The molecule has 0 radical (unpaired) electrons. The van der Waals surface area contributed by atoms with E-state index in [-0.39, 0.29) is 15.5 Å². The van der Waals surface area contributed by atoms with Crippen LogP contribution in [-0.2, 0) is 19.6 Å². The number of anilines is 1. The molecule has 1 N–H and O–H groups in total. The number of sulfonamides is 1. The molecule has 0 unspecified atom stereocenters. The molecule has 0 atom stereocenters. The number of rotatable bonds is 10. The van der Waals surface area contributed by atoms with Crippen LogP contribution in [0.3, 0.4) is 0 Å². The molecule has 10 heteroatoms. The number of nitrogens with one attached hydrogen (secondary N) is 1. The number of carbonyl (C=O) groups excluding carboxylic acids is 2. The van der Waals surface area contributed by atoms with Crippen LogP contribution in [0.4, 0.5) is 5.69 Å². The first-order valence-electron chi connectivity index (χ1n) is 9.93. The monoisotopic (exact) mass is 482 g/mol. The van der Waals surface area contributed by atoms with Gasteiger partial charge in [0.2, 0.25) is 0 Å². The average molecular weight is 483 g/mol. The lowest BCUT2D eigenvalue weighted by Gasteiger charge is -2.22. The molecule has 0 aliphatic carbocycles. The molecule has 0 bridgehead atoms. The number of methoxy groups -OCH3 is 1. The number of nitrogens with zero attached hydrogens (tertiary/aromatic N) is 1. The number of hydrogen-bond donors (Lipinski definition) is 1. The van der Waals surface area contributed by atoms with Gasteiger partial charge in [-0.1, -0.05) is 37.6 Å². The minimum Gasteiger partial charge on any atom is -0.495 e. The third kappa shape index (κ3) is 6.37. The van der Waals surface area contributed by atoms with E-state index in [2.05, 4.69) is 5.32 Å². The number of esters is 1. The third-order valence-corrected chi connectivity index (χ3v) is 6.72. The van der Waals surface area contributed by atoms with Crippen molar-refractivity contribution in [2.24, 2.45) is 5.92 Å². The van der Waals surface area contributed by atoms with Gasteiger partial charge in [0.15, 0.2) is 6.61 Å². The van der Waals surface area contributed by atoms with Gasteiger partial charge in [-0.3, -0.25) is 9.10 Å². The van der Waals surface area contributed by atoms with Crippen molar-refractivity contribution >= 4 is 39.2 Å². The van der Waals surface area contributed by atoms with Crippen molar-refractivity contribution in [2.75, 3.05) is 31.6 Å². The Bertz CT molecular complexity index is 1070. The molecule has 0 aromatic heterocycles. The summed E-state index contributed by atoms with van der Waals surface area (Å²) in [5.41, 5.74) is 0.170. The van der Waals surface area contributed by atoms with Crippen LogP contribution in [0.15, 0.2) is 47.4 Å². The third-order valence-electron chi connectivity index (χ3n) is 4.62. The van der Waals surface area contributed by atoms with Crippen LogP contribution < -0.4 is 14.4 Å². The van der Waals surface area contributed by atoms with Crippen LogP contribution in [0.2, 0.25) is 5.02 Å². The summed E-state index contributed by atoms with van der Waals surface area (Å²) in [6, 6.07) is 10.3. The summed E-state index contributed by atoms with van der Waals surface area (Å²) in [5.74, 6) is -0.549. The highest BCUT2D eigenvalue weighted by Crippen LogP contribution is 2.32. The van der Waals surface area contributed by atoms with Crippen LogP contribution in [0.1, 0.15) is 30.6 Å². The highest BCUT2D eigenvalue weighted by Gasteiger charge is 2.26. The minimum atomic E-state index is -4.04. The van der Waals surface area contributed by atoms with Crippen molar-refractivity contribution < 1.29 is 27.5 Å². The maximum Gasteiger partial charge on any atom is 0.340 e. The van der Waals surface area contributed by atoms with Gasteiger partial charge in [-0.25, -0.2) is 13.2 Å². The maximum atomic E-state index is 13.1. The fraction of sp³-hybridized carbons (Fsp3) is 0.364. The molecule has 8 nitrogen and oxygen atoms in total. The van der Waals surface area contributed by atoms with Crippen LogP contribution in [0.5, 0.6) is 5.75 Å². The molecule has 0 saturated heterocycles. The lowest BCUT2D eigenvalue weighted by atomic mass is 10.1. The number of halogens is 1. The highest BCUT2D eigenvalue weighted by molar-refractivity contribution is 7.92. The second-order valence-electron chi connectivity index (χ2n) is 7.39. The van der Waals surface area contributed by atoms with Crippen LogP contribution in [0.25, 0.3) is 0 Å². The van der Waals surface area contributed by atoms with Crippen molar-refractivity contribution in [3.63, 3.8) is 0 Å². The number of benzene rings is 2. The largest absolute Gasteiger partial charge is 0.495 e. The first kappa shape index (κ1) is 25.5. The normalized spacial score (nSPS) is 11.2. The van der Waals surface area contributed by atoms with Crippen molar-refractivity contribution in [2.45, 2.75) is 25.2 Å². The summed E-state index contributed by atoms with van der Waals surface area (Å²) in [6.07, 6.45) is 0.797. The van der Waals surface area contributed by atoms with E-state index in [1.165, 1.54) is 26.3 Å². The van der Waals surface area contributed by atoms with Crippen LogP contribution >= 0.6 is 11.6 Å². The Balaban J connectivity index is 2.19. The van der Waals surface area contributed by atoms with Crippen LogP contribution in [-0.4, -0.2) is 47.6 Å². The summed E-state index contributed by atoms with van der Waals surface area (Å²) in [6.45, 7) is 4.03. The lowest BCUT2D eigenvalue weighted by molar-refractivity contribution is -0.124. The molecule has 0 heterocycles. The number of hydrogen-bond acceptors (Lipinski definition) is 6. The van der Waals surface area contributed by atoms with Crippen LogP contribution in [0, 0.1) is 5.92 Å². The summed E-state index contributed by atoms with van der Waals surface area (Å²) in [4.78, 5) is 24.1. The average Bonchev–Trinajstić information content (AvgIpc) is 2.76. The van der Waals surface area contributed by atoms with Gasteiger partial charge in [-0.2, -0.15) is 0 Å². The molecular weight excluding hydrogens is 456 g/mol. The quantitative estimate of drug-likeness (QED) is 0.520. The molecule has 174 valence electrons. The number of carbonyl (C=O) groups is 2. The molecule has 0 fully saturated rings. The Morgan fingerprint density at radius 3 is 2.50 bits per heavy atom. The second kappa shape index (κ2) is 11.2. The summed E-state index contributed by atoms with van der Waals surface area (Å²) >= 11 is 6.09. The zero-order valence-electron chi connectivity index (χ0n) is 18.4. The lowest BCUT2D eigenvalue weighted by Crippen LogP contribution is -2.30. The van der Waals surface area contributed by atoms with Crippen molar-refractivity contribution in [1.29, 1.82) is 0 Å². The fourth-order valence-corrected chi connectivity index (χ4v) is 4.19. The first-order valence-corrected chi connectivity index (χ1v) is 11.7. The molecule has 2 rings (SSSR count). The van der Waals surface area contributed by atoms with Crippen molar-refractivity contribution in [3.8, 4) is 5.75 Å². The van der Waals surface area contributed by atoms with E-state index in [4.69, 9.17) is 21.1 Å². The maximum absolute atomic E-state index is 13.1. The molecule has 2 aromatic rings. The van der Waals surface area contributed by atoms with E-state index in [9.17, 15) is 18.0 Å². The summed E-state index contributed by atoms with van der Waals surface area (Å²) < 4.78 is 37.6. The first-order chi connectivity index (χ1) is 15.1. The highest BCUT2D eigenvalue weighted by atomic mass is 35.5. The zero-order valence-corrected chi connectivity index (χ0v) is 20.0. The molecule has 0 aliphatic rings. The Kier molecular flexibility index (Phi) is 8.91. The molecule has 0 saturated carbocycles. The molecule has 2 aromatic carbocycles. The van der Waals surface area contributed by atoms with Gasteiger partial charge in [0, 0.05) is 13.6 Å². The van der Waals surface area contributed by atoms with Gasteiger partial charge in [0.1, 0.15) is 5.75 Å². The van der Waals surface area contributed by atoms with E-state index in [0.717, 1.165) is 16.8 Å². The van der Waals surface area contributed by atoms with Gasteiger partial charge in [0.05, 0.1) is 28.3 Å². The Morgan fingerprint density at radius 1 is 1.16 bits per heavy atom. The van der Waals surface area contributed by atoms with E-state index >= 15 is 0 Å². The fourth-order valence-electron chi connectivity index (χ4n) is 2.76. The topological polar surface area (TPSA) is 102 Å². The number of ether oxygens (including phenoxy) is 2. The molecule has 32 heavy (non-hydrogen) atoms. The van der Waals surface area contributed by atoms with E-state index in [1.54, 1.807) is 24.3 Å². The van der Waals surface area contributed by atoms with E-state index in [0.29, 0.717) is 23.9 Å². The molecule has 0 spiro atoms. The predicted octanol–water partition coefficient (Wildman–Crippen LogP) is 3.49. The Morgan fingerprint density at radius 2 is 1.84 bits per heavy atom. The van der Waals surface area contributed by atoms with E-state index < -0.39 is 28.5 Å². The number of para-hydroxylation sites is 2. The van der Waals surface area contributed by atoms with Gasteiger partial charge < -0.3 is 14.8 Å². The molecule has 0 aliphatic heterocycles. The van der Waals surface area contributed by atoms with Crippen molar-refractivity contribution in [3.05, 3.63) is 53.1 Å². The van der Waals surface area contributed by atoms with Gasteiger partial charge >= 0.3 is 5.97 Å².